The van der Waals surface area contributed by atoms with Crippen LogP contribution in [-0.4, -0.2) is 31.2 Å². The van der Waals surface area contributed by atoms with Crippen molar-refractivity contribution < 1.29 is 14.3 Å². The summed E-state index contributed by atoms with van der Waals surface area (Å²) >= 11 is 0. The maximum Gasteiger partial charge on any atom is 0.337 e. The molecule has 0 radical (unpaired) electrons. The lowest BCUT2D eigenvalue weighted by Gasteiger charge is -2.28. The first-order valence-corrected chi connectivity index (χ1v) is 9.82. The highest BCUT2D eigenvalue weighted by Gasteiger charge is 2.29. The van der Waals surface area contributed by atoms with Gasteiger partial charge in [0.1, 0.15) is 0 Å². The second kappa shape index (κ2) is 8.57. The molecule has 2 atom stereocenters. The first-order chi connectivity index (χ1) is 13.0. The molecular weight excluding hydrogens is 342 g/mol. The molecule has 0 saturated carbocycles. The van der Waals surface area contributed by atoms with Crippen LogP contribution in [0.25, 0.3) is 0 Å². The normalized spacial score (nSPS) is 20.4. The predicted molar refractivity (Wildman–Crippen MR) is 104 cm³/mol. The fourth-order valence-corrected chi connectivity index (χ4v) is 3.81. The van der Waals surface area contributed by atoms with Crippen molar-refractivity contribution in [2.24, 2.45) is 0 Å². The van der Waals surface area contributed by atoms with Gasteiger partial charge >= 0.3 is 12.0 Å². The van der Waals surface area contributed by atoms with E-state index >= 15 is 0 Å². The molecule has 0 unspecified atom stereocenters. The van der Waals surface area contributed by atoms with Crippen LogP contribution in [0.4, 0.5) is 4.79 Å². The van der Waals surface area contributed by atoms with Gasteiger partial charge in [-0.15, -0.1) is 0 Å². The Bertz CT molecular complexity index is 757. The minimum Gasteiger partial charge on any atom is -0.463 e. The number of urea groups is 1. The molecule has 0 fully saturated rings. The average molecular weight is 371 g/mol. The summed E-state index contributed by atoms with van der Waals surface area (Å²) in [6.45, 7) is 6.35. The van der Waals surface area contributed by atoms with Crippen molar-refractivity contribution in [3.8, 4) is 0 Å². The molecule has 146 valence electrons. The number of rotatable bonds is 6. The third-order valence-electron chi connectivity index (χ3n) is 5.32. The Morgan fingerprint density at radius 1 is 1.30 bits per heavy atom. The van der Waals surface area contributed by atoms with E-state index in [-0.39, 0.29) is 18.1 Å². The van der Waals surface area contributed by atoms with Gasteiger partial charge in [0.2, 0.25) is 0 Å². The van der Waals surface area contributed by atoms with E-state index in [9.17, 15) is 9.59 Å². The van der Waals surface area contributed by atoms with Crippen LogP contribution in [0.15, 0.2) is 29.5 Å². The summed E-state index contributed by atoms with van der Waals surface area (Å²) in [7, 11) is 0. The van der Waals surface area contributed by atoms with Gasteiger partial charge in [-0.1, -0.05) is 18.2 Å². The predicted octanol–water partition coefficient (Wildman–Crippen LogP) is 2.73. The molecule has 3 rings (SSSR count). The summed E-state index contributed by atoms with van der Waals surface area (Å²) in [5.41, 5.74) is 5.19. The molecule has 1 aromatic rings. The number of esters is 1. The SMILES string of the molecule is CCOC(=O)C1=C(CN[C@@H](C)c2ccc3c(c2)CCCC3)NC(=O)N[C@H]1C. The molecule has 0 spiro atoms. The number of aryl methyl sites for hydroxylation is 2. The Kier molecular flexibility index (Phi) is 6.16. The van der Waals surface area contributed by atoms with Crippen molar-refractivity contribution in [3.63, 3.8) is 0 Å². The molecule has 1 aromatic carbocycles. The molecular formula is C21H29N3O3. The monoisotopic (exact) mass is 371 g/mol. The highest BCUT2D eigenvalue weighted by atomic mass is 16.5. The lowest BCUT2D eigenvalue weighted by atomic mass is 9.89. The van der Waals surface area contributed by atoms with E-state index in [1.807, 2.05) is 0 Å². The van der Waals surface area contributed by atoms with E-state index in [0.29, 0.717) is 24.4 Å². The highest BCUT2D eigenvalue weighted by Crippen LogP contribution is 2.25. The van der Waals surface area contributed by atoms with Crippen LogP contribution in [0.3, 0.4) is 0 Å². The Labute approximate surface area is 160 Å². The maximum atomic E-state index is 12.3. The largest absolute Gasteiger partial charge is 0.463 e. The Morgan fingerprint density at radius 3 is 2.78 bits per heavy atom. The smallest absolute Gasteiger partial charge is 0.337 e. The minimum absolute atomic E-state index is 0.107. The fourth-order valence-electron chi connectivity index (χ4n) is 3.81. The van der Waals surface area contributed by atoms with Crippen molar-refractivity contribution in [3.05, 3.63) is 46.2 Å². The van der Waals surface area contributed by atoms with Gasteiger partial charge in [-0.2, -0.15) is 0 Å². The van der Waals surface area contributed by atoms with Gasteiger partial charge in [0.05, 0.1) is 18.2 Å². The summed E-state index contributed by atoms with van der Waals surface area (Å²) in [5.74, 6) is -0.393. The van der Waals surface area contributed by atoms with Crippen LogP contribution in [0, 0.1) is 0 Å². The number of ether oxygens (including phenoxy) is 1. The van der Waals surface area contributed by atoms with Crippen molar-refractivity contribution >= 4 is 12.0 Å². The summed E-state index contributed by atoms with van der Waals surface area (Å²) in [4.78, 5) is 24.2. The zero-order valence-electron chi connectivity index (χ0n) is 16.4. The van der Waals surface area contributed by atoms with E-state index < -0.39 is 5.97 Å². The molecule has 0 saturated heterocycles. The summed E-state index contributed by atoms with van der Waals surface area (Å²) in [6.07, 6.45) is 4.85. The minimum atomic E-state index is -0.393. The Morgan fingerprint density at radius 2 is 2.04 bits per heavy atom. The molecule has 0 bridgehead atoms. The van der Waals surface area contributed by atoms with E-state index in [2.05, 4.69) is 41.1 Å². The molecule has 1 aliphatic heterocycles. The molecule has 3 N–H and O–H groups in total. The van der Waals surface area contributed by atoms with Crippen LogP contribution in [0.2, 0.25) is 0 Å². The molecule has 2 amide bonds. The van der Waals surface area contributed by atoms with Crippen LogP contribution in [-0.2, 0) is 22.4 Å². The lowest BCUT2D eigenvalue weighted by molar-refractivity contribution is -0.139. The molecule has 1 heterocycles. The zero-order valence-corrected chi connectivity index (χ0v) is 16.4. The topological polar surface area (TPSA) is 79.5 Å². The van der Waals surface area contributed by atoms with Crippen molar-refractivity contribution in [2.75, 3.05) is 13.2 Å². The molecule has 1 aliphatic carbocycles. The second-order valence-electron chi connectivity index (χ2n) is 7.27. The molecule has 0 aromatic heterocycles. The maximum absolute atomic E-state index is 12.3. The third-order valence-corrected chi connectivity index (χ3v) is 5.32. The fraction of sp³-hybridized carbons (Fsp3) is 0.524. The lowest BCUT2D eigenvalue weighted by Crippen LogP contribution is -2.51. The van der Waals surface area contributed by atoms with Crippen LogP contribution < -0.4 is 16.0 Å². The van der Waals surface area contributed by atoms with Gasteiger partial charge in [0, 0.05) is 18.3 Å². The summed E-state index contributed by atoms with van der Waals surface area (Å²) in [5, 5.41) is 8.91. The quantitative estimate of drug-likeness (QED) is 0.672. The van der Waals surface area contributed by atoms with Crippen molar-refractivity contribution in [1.82, 2.24) is 16.0 Å². The van der Waals surface area contributed by atoms with Gasteiger partial charge in [-0.3, -0.25) is 0 Å². The summed E-state index contributed by atoms with van der Waals surface area (Å²) in [6, 6.07) is 6.13. The van der Waals surface area contributed by atoms with E-state index in [1.165, 1.54) is 36.0 Å². The van der Waals surface area contributed by atoms with E-state index in [0.717, 1.165) is 6.42 Å². The number of hydrogen-bond acceptors (Lipinski definition) is 4. The van der Waals surface area contributed by atoms with Gasteiger partial charge in [-0.05, 0) is 63.1 Å². The molecule has 27 heavy (non-hydrogen) atoms. The number of carbonyl (C=O) groups is 2. The third kappa shape index (κ3) is 4.50. The van der Waals surface area contributed by atoms with Gasteiger partial charge in [0.15, 0.2) is 0 Å². The second-order valence-corrected chi connectivity index (χ2v) is 7.27. The van der Waals surface area contributed by atoms with E-state index in [1.54, 1.807) is 13.8 Å². The average Bonchev–Trinajstić information content (AvgIpc) is 2.65. The van der Waals surface area contributed by atoms with Crippen LogP contribution >= 0.6 is 0 Å². The van der Waals surface area contributed by atoms with Gasteiger partial charge in [-0.25, -0.2) is 9.59 Å². The summed E-state index contributed by atoms with van der Waals surface area (Å²) < 4.78 is 5.16. The van der Waals surface area contributed by atoms with Crippen molar-refractivity contribution in [1.29, 1.82) is 0 Å². The van der Waals surface area contributed by atoms with Gasteiger partial charge < -0.3 is 20.7 Å². The van der Waals surface area contributed by atoms with Crippen LogP contribution in [0.1, 0.15) is 56.3 Å². The first kappa shape index (κ1) is 19.4. The molecule has 6 nitrogen and oxygen atoms in total. The Balaban J connectivity index is 1.73. The zero-order chi connectivity index (χ0) is 19.4. The van der Waals surface area contributed by atoms with Crippen LogP contribution in [0.5, 0.6) is 0 Å². The Hall–Kier alpha value is -2.34. The van der Waals surface area contributed by atoms with Crippen molar-refractivity contribution in [2.45, 2.75) is 58.5 Å². The van der Waals surface area contributed by atoms with Gasteiger partial charge in [0.25, 0.3) is 0 Å². The number of nitrogens with one attached hydrogen (secondary N) is 3. The first-order valence-electron chi connectivity index (χ1n) is 9.82. The number of benzene rings is 1. The molecule has 6 heteroatoms. The number of amides is 2. The number of carbonyl (C=O) groups excluding carboxylic acids is 2. The molecule has 2 aliphatic rings. The number of hydrogen-bond donors (Lipinski definition) is 3. The highest BCUT2D eigenvalue weighted by molar-refractivity contribution is 5.94. The standard InChI is InChI=1S/C21H29N3O3/c1-4-27-20(25)19-14(3)23-21(26)24-18(19)12-22-13(2)16-10-9-15-7-5-6-8-17(15)11-16/h9-11,13-14,22H,4-8,12H2,1-3H3,(H2,23,24,26)/t13-,14-/m0/s1. The van der Waals surface area contributed by atoms with E-state index in [4.69, 9.17) is 4.74 Å². The number of fused-ring (bicyclic) bond motifs is 1.